The molecule has 0 fully saturated rings. The summed E-state index contributed by atoms with van der Waals surface area (Å²) in [4.78, 5) is 27.1. The van der Waals surface area contributed by atoms with Crippen molar-refractivity contribution in [3.8, 4) is 6.07 Å². The van der Waals surface area contributed by atoms with Crippen LogP contribution in [-0.4, -0.2) is 23.8 Å². The Hall–Kier alpha value is -3.91. The minimum atomic E-state index is -0.563. The van der Waals surface area contributed by atoms with E-state index < -0.39 is 5.97 Å². The summed E-state index contributed by atoms with van der Waals surface area (Å²) in [7, 11) is 1.70. The van der Waals surface area contributed by atoms with E-state index in [9.17, 15) is 9.59 Å². The summed E-state index contributed by atoms with van der Waals surface area (Å²) in [6.07, 6.45) is 0. The van der Waals surface area contributed by atoms with Gasteiger partial charge in [-0.2, -0.15) is 5.26 Å². The first-order chi connectivity index (χ1) is 14.1. The number of esters is 1. The predicted molar refractivity (Wildman–Crippen MR) is 109 cm³/mol. The molecule has 0 heterocycles. The van der Waals surface area contributed by atoms with Gasteiger partial charge in [-0.25, -0.2) is 4.79 Å². The Bertz CT molecular complexity index is 1040. The third-order valence-corrected chi connectivity index (χ3v) is 4.44. The monoisotopic (exact) mass is 384 g/mol. The highest BCUT2D eigenvalue weighted by Crippen LogP contribution is 2.16. The molecule has 29 heavy (non-hydrogen) atoms. The van der Waals surface area contributed by atoms with Gasteiger partial charge < -0.3 is 9.64 Å². The van der Waals surface area contributed by atoms with Crippen molar-refractivity contribution in [3.05, 3.63) is 107 Å². The molecular weight excluding hydrogens is 364 g/mol. The summed E-state index contributed by atoms with van der Waals surface area (Å²) in [6.45, 7) is 0.501. The van der Waals surface area contributed by atoms with E-state index >= 15 is 0 Å². The molecule has 3 aromatic carbocycles. The molecular formula is C24H20N2O3. The van der Waals surface area contributed by atoms with E-state index in [1.807, 2.05) is 36.4 Å². The first-order valence-electron chi connectivity index (χ1n) is 9.13. The van der Waals surface area contributed by atoms with E-state index in [4.69, 9.17) is 10.00 Å². The summed E-state index contributed by atoms with van der Waals surface area (Å²) in [6, 6.07) is 25.1. The van der Waals surface area contributed by atoms with Gasteiger partial charge in [0.15, 0.2) is 0 Å². The standard InChI is InChI=1S/C24H20N2O3/c1-26(16-19-7-3-2-4-8-19)23(27)21-9-5-6-10-22(21)24(28)29-17-20-13-11-18(15-25)12-14-20/h2-14H,16-17H2,1H3. The van der Waals surface area contributed by atoms with Gasteiger partial charge in [-0.05, 0) is 35.4 Å². The molecule has 0 spiro atoms. The number of nitrogens with zero attached hydrogens (tertiary/aromatic N) is 2. The average molecular weight is 384 g/mol. The van der Waals surface area contributed by atoms with Gasteiger partial charge in [0.05, 0.1) is 22.8 Å². The summed E-state index contributed by atoms with van der Waals surface area (Å²) in [5, 5.41) is 8.84. The van der Waals surface area contributed by atoms with E-state index in [1.54, 1.807) is 60.5 Å². The summed E-state index contributed by atoms with van der Waals surface area (Å²) >= 11 is 0. The van der Waals surface area contributed by atoms with Crippen molar-refractivity contribution in [3.63, 3.8) is 0 Å². The third-order valence-electron chi connectivity index (χ3n) is 4.44. The van der Waals surface area contributed by atoms with Crippen LogP contribution in [0.5, 0.6) is 0 Å². The van der Waals surface area contributed by atoms with Crippen LogP contribution in [0.2, 0.25) is 0 Å². The minimum Gasteiger partial charge on any atom is -0.457 e. The zero-order valence-electron chi connectivity index (χ0n) is 16.0. The van der Waals surface area contributed by atoms with Crippen LogP contribution in [-0.2, 0) is 17.9 Å². The van der Waals surface area contributed by atoms with E-state index in [0.717, 1.165) is 11.1 Å². The van der Waals surface area contributed by atoms with Gasteiger partial charge in [0, 0.05) is 13.6 Å². The average Bonchev–Trinajstić information content (AvgIpc) is 2.78. The number of carbonyl (C=O) groups is 2. The molecule has 3 rings (SSSR count). The minimum absolute atomic E-state index is 0.0624. The second-order valence-electron chi connectivity index (χ2n) is 6.58. The van der Waals surface area contributed by atoms with Crippen molar-refractivity contribution in [1.82, 2.24) is 4.90 Å². The quantitative estimate of drug-likeness (QED) is 0.598. The van der Waals surface area contributed by atoms with Crippen LogP contribution in [0.3, 0.4) is 0 Å². The Morgan fingerprint density at radius 3 is 2.14 bits per heavy atom. The Balaban J connectivity index is 1.70. The Morgan fingerprint density at radius 1 is 0.862 bits per heavy atom. The largest absolute Gasteiger partial charge is 0.457 e. The first kappa shape index (κ1) is 19.8. The topological polar surface area (TPSA) is 70.4 Å². The fraction of sp³-hybridized carbons (Fsp3) is 0.125. The van der Waals surface area contributed by atoms with E-state index in [2.05, 4.69) is 0 Å². The van der Waals surface area contributed by atoms with Crippen LogP contribution in [0.4, 0.5) is 0 Å². The van der Waals surface area contributed by atoms with Gasteiger partial charge in [0.25, 0.3) is 5.91 Å². The molecule has 0 N–H and O–H groups in total. The molecule has 0 atom stereocenters. The second kappa shape index (κ2) is 9.34. The molecule has 0 saturated heterocycles. The normalized spacial score (nSPS) is 10.1. The van der Waals surface area contributed by atoms with Gasteiger partial charge in [-0.15, -0.1) is 0 Å². The molecule has 0 aliphatic rings. The van der Waals surface area contributed by atoms with Crippen LogP contribution < -0.4 is 0 Å². The molecule has 0 aromatic heterocycles. The lowest BCUT2D eigenvalue weighted by Crippen LogP contribution is -2.28. The number of ether oxygens (including phenoxy) is 1. The highest BCUT2D eigenvalue weighted by Gasteiger charge is 2.20. The van der Waals surface area contributed by atoms with Gasteiger partial charge in [0.1, 0.15) is 6.61 Å². The van der Waals surface area contributed by atoms with E-state index in [0.29, 0.717) is 17.7 Å². The zero-order valence-corrected chi connectivity index (χ0v) is 16.0. The molecule has 5 heteroatoms. The van der Waals surface area contributed by atoms with Gasteiger partial charge >= 0.3 is 5.97 Å². The van der Waals surface area contributed by atoms with E-state index in [1.165, 1.54) is 0 Å². The van der Waals surface area contributed by atoms with Crippen molar-refractivity contribution >= 4 is 11.9 Å². The van der Waals surface area contributed by atoms with Crippen LogP contribution in [0.25, 0.3) is 0 Å². The molecule has 144 valence electrons. The summed E-state index contributed by atoms with van der Waals surface area (Å²) in [5.41, 5.74) is 2.84. The van der Waals surface area contributed by atoms with Crippen molar-refractivity contribution < 1.29 is 14.3 Å². The molecule has 0 bridgehead atoms. The zero-order chi connectivity index (χ0) is 20.6. The number of hydrogen-bond donors (Lipinski definition) is 0. The molecule has 0 unspecified atom stereocenters. The maximum Gasteiger partial charge on any atom is 0.339 e. The number of carbonyl (C=O) groups excluding carboxylic acids is 2. The van der Waals surface area contributed by atoms with Gasteiger partial charge in [0.2, 0.25) is 0 Å². The lowest BCUT2D eigenvalue weighted by atomic mass is 10.1. The molecule has 3 aromatic rings. The Labute approximate surface area is 169 Å². The second-order valence-corrected chi connectivity index (χ2v) is 6.58. The van der Waals surface area contributed by atoms with Crippen molar-refractivity contribution in [2.45, 2.75) is 13.2 Å². The summed E-state index contributed by atoms with van der Waals surface area (Å²) in [5.74, 6) is -0.814. The van der Waals surface area contributed by atoms with Crippen LogP contribution in [0.1, 0.15) is 37.4 Å². The molecule has 1 amide bonds. The number of nitriles is 1. The molecule has 5 nitrogen and oxygen atoms in total. The number of amides is 1. The summed E-state index contributed by atoms with van der Waals surface area (Å²) < 4.78 is 5.38. The van der Waals surface area contributed by atoms with Gasteiger partial charge in [-0.1, -0.05) is 54.6 Å². The van der Waals surface area contributed by atoms with E-state index in [-0.39, 0.29) is 18.1 Å². The van der Waals surface area contributed by atoms with Crippen molar-refractivity contribution in [2.75, 3.05) is 7.05 Å². The van der Waals surface area contributed by atoms with Crippen LogP contribution >= 0.6 is 0 Å². The molecule has 0 radical (unpaired) electrons. The molecule has 0 aliphatic carbocycles. The first-order valence-corrected chi connectivity index (χ1v) is 9.13. The highest BCUT2D eigenvalue weighted by molar-refractivity contribution is 6.05. The third kappa shape index (κ3) is 5.08. The van der Waals surface area contributed by atoms with Crippen LogP contribution in [0.15, 0.2) is 78.9 Å². The van der Waals surface area contributed by atoms with Crippen molar-refractivity contribution in [2.24, 2.45) is 0 Å². The number of benzene rings is 3. The predicted octanol–water partition coefficient (Wildman–Crippen LogP) is 4.19. The fourth-order valence-corrected chi connectivity index (χ4v) is 2.88. The molecule has 0 saturated carbocycles. The number of rotatable bonds is 6. The number of hydrogen-bond acceptors (Lipinski definition) is 4. The van der Waals surface area contributed by atoms with Crippen molar-refractivity contribution in [1.29, 1.82) is 5.26 Å². The Kier molecular flexibility index (Phi) is 6.39. The lowest BCUT2D eigenvalue weighted by Gasteiger charge is -2.19. The maximum absolute atomic E-state index is 12.9. The fourth-order valence-electron chi connectivity index (χ4n) is 2.88. The van der Waals surface area contributed by atoms with Crippen LogP contribution in [0, 0.1) is 11.3 Å². The van der Waals surface area contributed by atoms with Gasteiger partial charge in [-0.3, -0.25) is 4.79 Å². The Morgan fingerprint density at radius 2 is 1.48 bits per heavy atom. The smallest absolute Gasteiger partial charge is 0.339 e. The maximum atomic E-state index is 12.9. The highest BCUT2D eigenvalue weighted by atomic mass is 16.5. The molecule has 0 aliphatic heterocycles. The lowest BCUT2D eigenvalue weighted by molar-refractivity contribution is 0.0467. The SMILES string of the molecule is CN(Cc1ccccc1)C(=O)c1ccccc1C(=O)OCc1ccc(C#N)cc1.